The molecule has 0 radical (unpaired) electrons. The number of aromatic nitrogens is 1. The molecule has 0 saturated carbocycles. The summed E-state index contributed by atoms with van der Waals surface area (Å²) in [6.07, 6.45) is 0. The summed E-state index contributed by atoms with van der Waals surface area (Å²) in [5.74, 6) is 0. The van der Waals surface area contributed by atoms with Gasteiger partial charge in [-0.05, 0) is 17.2 Å². The quantitative estimate of drug-likeness (QED) is 0.736. The number of rotatable bonds is 3. The van der Waals surface area contributed by atoms with Crippen LogP contribution in [-0.4, -0.2) is 11.8 Å². The Morgan fingerprint density at radius 2 is 1.33 bits per heavy atom. The SMILES string of the molecule is COn1c(-c2ccccc2)cc(-c2ccccc2)cc1=O. The Morgan fingerprint density at radius 1 is 0.762 bits per heavy atom. The Kier molecular flexibility index (Phi) is 3.56. The van der Waals surface area contributed by atoms with Crippen molar-refractivity contribution in [3.8, 4) is 22.4 Å². The van der Waals surface area contributed by atoms with Crippen LogP contribution in [0.1, 0.15) is 0 Å². The molecule has 3 rings (SSSR count). The molecule has 0 N–H and O–H groups in total. The van der Waals surface area contributed by atoms with Crippen LogP contribution in [0.4, 0.5) is 0 Å². The molecule has 3 aromatic rings. The van der Waals surface area contributed by atoms with Gasteiger partial charge in [0.2, 0.25) is 0 Å². The van der Waals surface area contributed by atoms with E-state index < -0.39 is 0 Å². The molecular weight excluding hydrogens is 262 g/mol. The van der Waals surface area contributed by atoms with E-state index in [0.29, 0.717) is 0 Å². The Balaban J connectivity index is 2.23. The predicted molar refractivity (Wildman–Crippen MR) is 84.1 cm³/mol. The molecule has 0 aliphatic heterocycles. The van der Waals surface area contributed by atoms with Crippen molar-refractivity contribution in [2.24, 2.45) is 0 Å². The third-order valence-corrected chi connectivity index (χ3v) is 3.35. The van der Waals surface area contributed by atoms with E-state index in [-0.39, 0.29) is 5.56 Å². The third-order valence-electron chi connectivity index (χ3n) is 3.35. The molecule has 0 spiro atoms. The van der Waals surface area contributed by atoms with E-state index >= 15 is 0 Å². The number of hydrogen-bond donors (Lipinski definition) is 0. The molecule has 0 atom stereocenters. The summed E-state index contributed by atoms with van der Waals surface area (Å²) in [7, 11) is 1.50. The van der Waals surface area contributed by atoms with Crippen molar-refractivity contribution < 1.29 is 4.84 Å². The zero-order chi connectivity index (χ0) is 14.7. The molecule has 3 heteroatoms. The van der Waals surface area contributed by atoms with Crippen LogP contribution in [0, 0.1) is 0 Å². The highest BCUT2D eigenvalue weighted by molar-refractivity contribution is 5.70. The highest BCUT2D eigenvalue weighted by atomic mass is 16.6. The van der Waals surface area contributed by atoms with Gasteiger partial charge in [0.1, 0.15) is 7.11 Å². The lowest BCUT2D eigenvalue weighted by molar-refractivity contribution is 0.161. The fraction of sp³-hybridized carbons (Fsp3) is 0.0556. The summed E-state index contributed by atoms with van der Waals surface area (Å²) in [6, 6.07) is 23.1. The number of pyridine rings is 1. The summed E-state index contributed by atoms with van der Waals surface area (Å²) in [5, 5.41) is 0. The summed E-state index contributed by atoms with van der Waals surface area (Å²) < 4.78 is 1.31. The average molecular weight is 277 g/mol. The highest BCUT2D eigenvalue weighted by Crippen LogP contribution is 2.24. The van der Waals surface area contributed by atoms with Crippen LogP contribution in [-0.2, 0) is 0 Å². The molecule has 1 heterocycles. The van der Waals surface area contributed by atoms with Gasteiger partial charge in [0.15, 0.2) is 0 Å². The first-order valence-electron chi connectivity index (χ1n) is 6.72. The molecule has 0 aliphatic rings. The average Bonchev–Trinajstić information content (AvgIpc) is 2.55. The highest BCUT2D eigenvalue weighted by Gasteiger charge is 2.10. The Bertz CT molecular complexity index is 792. The first-order valence-corrected chi connectivity index (χ1v) is 6.72. The van der Waals surface area contributed by atoms with Crippen LogP contribution >= 0.6 is 0 Å². The molecule has 0 amide bonds. The zero-order valence-corrected chi connectivity index (χ0v) is 11.7. The van der Waals surface area contributed by atoms with Gasteiger partial charge in [0.25, 0.3) is 5.56 Å². The lowest BCUT2D eigenvalue weighted by Gasteiger charge is -2.13. The van der Waals surface area contributed by atoms with Gasteiger partial charge >= 0.3 is 0 Å². The largest absolute Gasteiger partial charge is 0.413 e. The smallest absolute Gasteiger partial charge is 0.284 e. The van der Waals surface area contributed by atoms with Gasteiger partial charge in [-0.1, -0.05) is 60.7 Å². The topological polar surface area (TPSA) is 31.2 Å². The van der Waals surface area contributed by atoms with Crippen molar-refractivity contribution in [1.82, 2.24) is 4.73 Å². The van der Waals surface area contributed by atoms with Gasteiger partial charge in [-0.15, -0.1) is 4.73 Å². The van der Waals surface area contributed by atoms with Crippen molar-refractivity contribution in [3.05, 3.63) is 83.2 Å². The molecule has 0 saturated heterocycles. The molecule has 21 heavy (non-hydrogen) atoms. The molecule has 0 unspecified atom stereocenters. The van der Waals surface area contributed by atoms with Crippen LogP contribution in [0.25, 0.3) is 22.4 Å². The normalized spacial score (nSPS) is 10.3. The maximum absolute atomic E-state index is 12.3. The zero-order valence-electron chi connectivity index (χ0n) is 11.7. The second-order valence-electron chi connectivity index (χ2n) is 4.68. The van der Waals surface area contributed by atoms with Gasteiger partial charge in [-0.3, -0.25) is 4.79 Å². The van der Waals surface area contributed by atoms with Gasteiger partial charge < -0.3 is 4.84 Å². The van der Waals surface area contributed by atoms with E-state index in [2.05, 4.69) is 0 Å². The number of hydrogen-bond acceptors (Lipinski definition) is 2. The van der Waals surface area contributed by atoms with Crippen molar-refractivity contribution in [2.45, 2.75) is 0 Å². The van der Waals surface area contributed by atoms with Gasteiger partial charge in [-0.25, -0.2) is 0 Å². The fourth-order valence-electron chi connectivity index (χ4n) is 2.35. The van der Waals surface area contributed by atoms with Gasteiger partial charge in [-0.2, -0.15) is 0 Å². The third kappa shape index (κ3) is 2.58. The molecule has 0 aliphatic carbocycles. The van der Waals surface area contributed by atoms with Crippen LogP contribution in [0.5, 0.6) is 0 Å². The minimum Gasteiger partial charge on any atom is -0.413 e. The number of benzene rings is 2. The lowest BCUT2D eigenvalue weighted by Crippen LogP contribution is -2.25. The van der Waals surface area contributed by atoms with Crippen LogP contribution in [0.15, 0.2) is 77.6 Å². The molecule has 1 aromatic heterocycles. The standard InChI is InChI=1S/C18H15NO2/c1-21-19-17(15-10-6-3-7-11-15)12-16(13-18(19)20)14-8-4-2-5-9-14/h2-13H,1H3. The fourth-order valence-corrected chi connectivity index (χ4v) is 2.35. The van der Waals surface area contributed by atoms with Crippen molar-refractivity contribution in [1.29, 1.82) is 0 Å². The first kappa shape index (κ1) is 13.2. The Labute approximate surface area is 123 Å². The molecule has 2 aromatic carbocycles. The second-order valence-corrected chi connectivity index (χ2v) is 4.68. The molecule has 0 fully saturated rings. The van der Waals surface area contributed by atoms with Crippen LogP contribution in [0.3, 0.4) is 0 Å². The molecule has 3 nitrogen and oxygen atoms in total. The van der Waals surface area contributed by atoms with E-state index in [1.165, 1.54) is 11.8 Å². The Hall–Kier alpha value is -2.81. The van der Waals surface area contributed by atoms with E-state index in [0.717, 1.165) is 22.4 Å². The minimum absolute atomic E-state index is 0.183. The van der Waals surface area contributed by atoms with Crippen LogP contribution < -0.4 is 10.4 Å². The van der Waals surface area contributed by atoms with E-state index in [9.17, 15) is 4.79 Å². The van der Waals surface area contributed by atoms with Gasteiger partial charge in [0, 0.05) is 11.6 Å². The second kappa shape index (κ2) is 5.67. The monoisotopic (exact) mass is 277 g/mol. The maximum atomic E-state index is 12.3. The Morgan fingerprint density at radius 3 is 1.90 bits per heavy atom. The summed E-state index contributed by atoms with van der Waals surface area (Å²) >= 11 is 0. The summed E-state index contributed by atoms with van der Waals surface area (Å²) in [5.41, 5.74) is 3.39. The molecule has 0 bridgehead atoms. The van der Waals surface area contributed by atoms with E-state index in [1.807, 2.05) is 66.7 Å². The predicted octanol–water partition coefficient (Wildman–Crippen LogP) is 3.24. The maximum Gasteiger partial charge on any atom is 0.284 e. The van der Waals surface area contributed by atoms with E-state index in [4.69, 9.17) is 4.84 Å². The van der Waals surface area contributed by atoms with E-state index in [1.54, 1.807) is 6.07 Å². The van der Waals surface area contributed by atoms with Gasteiger partial charge in [0.05, 0.1) is 5.69 Å². The summed E-state index contributed by atoms with van der Waals surface area (Å²) in [6.45, 7) is 0. The lowest BCUT2D eigenvalue weighted by atomic mass is 10.0. The van der Waals surface area contributed by atoms with Crippen LogP contribution in [0.2, 0.25) is 0 Å². The first-order chi connectivity index (χ1) is 10.3. The molecular formula is C18H15NO2. The number of nitrogens with zero attached hydrogens (tertiary/aromatic N) is 1. The van der Waals surface area contributed by atoms with Crippen molar-refractivity contribution >= 4 is 0 Å². The minimum atomic E-state index is -0.183. The van der Waals surface area contributed by atoms with Crippen molar-refractivity contribution in [2.75, 3.05) is 7.11 Å². The summed E-state index contributed by atoms with van der Waals surface area (Å²) in [4.78, 5) is 17.5. The van der Waals surface area contributed by atoms with Crippen molar-refractivity contribution in [3.63, 3.8) is 0 Å². The molecule has 104 valence electrons.